The third-order valence-corrected chi connectivity index (χ3v) is 5.22. The Labute approximate surface area is 163 Å². The number of rotatable bonds is 5. The van der Waals surface area contributed by atoms with E-state index in [1.54, 1.807) is 0 Å². The molecule has 7 nitrogen and oxygen atoms in total. The summed E-state index contributed by atoms with van der Waals surface area (Å²) in [4.78, 5) is 23.6. The van der Waals surface area contributed by atoms with Gasteiger partial charge >= 0.3 is 0 Å². The average Bonchev–Trinajstić information content (AvgIpc) is 3.15. The molecule has 0 radical (unpaired) electrons. The van der Waals surface area contributed by atoms with Crippen LogP contribution in [0.15, 0.2) is 46.9 Å². The summed E-state index contributed by atoms with van der Waals surface area (Å²) >= 11 is 0. The van der Waals surface area contributed by atoms with Crippen LogP contribution in [0.4, 0.5) is 6.01 Å². The maximum absolute atomic E-state index is 12.7. The summed E-state index contributed by atoms with van der Waals surface area (Å²) in [5, 5.41) is 12.6. The normalized spacial score (nSPS) is 16.3. The molecule has 1 unspecified atom stereocenters. The first-order valence-electron chi connectivity index (χ1n) is 9.59. The number of aryl methyl sites for hydroxylation is 1. The van der Waals surface area contributed by atoms with Gasteiger partial charge in [0.25, 0.3) is 6.01 Å². The molecular formula is C21H24N4O3. The van der Waals surface area contributed by atoms with Crippen LogP contribution in [0.1, 0.15) is 30.1 Å². The second kappa shape index (κ2) is 7.98. The zero-order valence-corrected chi connectivity index (χ0v) is 15.8. The van der Waals surface area contributed by atoms with Gasteiger partial charge in [0.15, 0.2) is 5.58 Å². The van der Waals surface area contributed by atoms with Crippen molar-refractivity contribution in [1.82, 2.24) is 15.3 Å². The van der Waals surface area contributed by atoms with Crippen LogP contribution in [-0.4, -0.2) is 40.7 Å². The van der Waals surface area contributed by atoms with E-state index in [-0.39, 0.29) is 24.5 Å². The summed E-state index contributed by atoms with van der Waals surface area (Å²) in [5.41, 5.74) is 3.10. The summed E-state index contributed by atoms with van der Waals surface area (Å²) in [7, 11) is 0. The zero-order valence-electron chi connectivity index (χ0n) is 15.8. The summed E-state index contributed by atoms with van der Waals surface area (Å²) in [6.45, 7) is 3.19. The lowest BCUT2D eigenvalue weighted by atomic mass is 9.95. The molecule has 1 saturated heterocycles. The number of nitrogens with one attached hydrogen (secondary N) is 1. The maximum Gasteiger partial charge on any atom is 0.299 e. The summed E-state index contributed by atoms with van der Waals surface area (Å²) in [6.07, 6.45) is 1.42. The van der Waals surface area contributed by atoms with Crippen LogP contribution in [0.2, 0.25) is 0 Å². The number of nitrogens with zero attached hydrogens (tertiary/aromatic N) is 3. The quantitative estimate of drug-likeness (QED) is 0.707. The van der Waals surface area contributed by atoms with E-state index in [4.69, 9.17) is 4.42 Å². The van der Waals surface area contributed by atoms with Gasteiger partial charge in [-0.05, 0) is 37.5 Å². The van der Waals surface area contributed by atoms with Crippen LogP contribution in [0.5, 0.6) is 0 Å². The highest BCUT2D eigenvalue weighted by Crippen LogP contribution is 2.26. The van der Waals surface area contributed by atoms with Crippen molar-refractivity contribution in [3.05, 3.63) is 53.7 Å². The number of aliphatic hydroxyl groups is 1. The molecule has 4 rings (SSSR count). The Morgan fingerprint density at radius 1 is 1.21 bits per heavy atom. The molecular weight excluding hydrogens is 356 g/mol. The molecule has 2 aromatic heterocycles. The lowest BCUT2D eigenvalue weighted by molar-refractivity contribution is -0.126. The molecule has 0 aliphatic carbocycles. The number of amides is 1. The fraction of sp³-hybridized carbons (Fsp3) is 0.381. The van der Waals surface area contributed by atoms with Gasteiger partial charge in [-0.2, -0.15) is 4.98 Å². The molecule has 7 heteroatoms. The highest BCUT2D eigenvalue weighted by Gasteiger charge is 2.28. The molecule has 1 aliphatic heterocycles. The molecule has 0 spiro atoms. The number of carbonyl (C=O) groups excluding carboxylic acids is 1. The Hall–Kier alpha value is -2.93. The van der Waals surface area contributed by atoms with Crippen molar-refractivity contribution < 1.29 is 14.3 Å². The van der Waals surface area contributed by atoms with Gasteiger partial charge in [-0.15, -0.1) is 0 Å². The highest BCUT2D eigenvalue weighted by atomic mass is 16.4. The molecule has 0 bridgehead atoms. The molecule has 28 heavy (non-hydrogen) atoms. The first-order chi connectivity index (χ1) is 13.6. The molecule has 1 amide bonds. The van der Waals surface area contributed by atoms with Crippen LogP contribution in [0.3, 0.4) is 0 Å². The van der Waals surface area contributed by atoms with Gasteiger partial charge in [-0.1, -0.05) is 30.3 Å². The number of benzene rings is 1. The van der Waals surface area contributed by atoms with Gasteiger partial charge < -0.3 is 19.7 Å². The largest absolute Gasteiger partial charge is 0.422 e. The van der Waals surface area contributed by atoms with Crippen molar-refractivity contribution in [3.63, 3.8) is 0 Å². The van der Waals surface area contributed by atoms with E-state index in [1.165, 1.54) is 0 Å². The molecule has 1 aromatic carbocycles. The minimum Gasteiger partial charge on any atom is -0.422 e. The Balaban J connectivity index is 1.37. The Bertz CT molecular complexity index is 949. The number of carbonyl (C=O) groups is 1. The van der Waals surface area contributed by atoms with Crippen LogP contribution < -0.4 is 10.2 Å². The number of oxazole rings is 1. The fourth-order valence-electron chi connectivity index (χ4n) is 3.58. The summed E-state index contributed by atoms with van der Waals surface area (Å²) in [5.74, 6) is -0.101. The standard InChI is InChI=1S/C21H24N4O3/c1-14-7-8-18-19(22-14)24-21(28-18)25-11-9-16(10-12-25)20(27)23-17(13-26)15-5-3-2-4-6-15/h2-8,16-17,26H,9-13H2,1H3,(H,23,27). The number of pyridine rings is 1. The maximum atomic E-state index is 12.7. The van der Waals surface area contributed by atoms with Gasteiger partial charge in [0.05, 0.1) is 12.6 Å². The summed E-state index contributed by atoms with van der Waals surface area (Å²) in [6, 6.07) is 13.5. The highest BCUT2D eigenvalue weighted by molar-refractivity contribution is 5.79. The van der Waals surface area contributed by atoms with Crippen LogP contribution in [-0.2, 0) is 4.79 Å². The zero-order chi connectivity index (χ0) is 19.5. The van der Waals surface area contributed by atoms with E-state index in [0.29, 0.717) is 43.2 Å². The number of aromatic nitrogens is 2. The SMILES string of the molecule is Cc1ccc2oc(N3CCC(C(=O)NC(CO)c4ccccc4)CC3)nc2n1. The molecule has 0 saturated carbocycles. The lowest BCUT2D eigenvalue weighted by Crippen LogP contribution is -2.42. The Morgan fingerprint density at radius 3 is 2.68 bits per heavy atom. The fourth-order valence-corrected chi connectivity index (χ4v) is 3.58. The van der Waals surface area contributed by atoms with Crippen molar-refractivity contribution >= 4 is 23.2 Å². The van der Waals surface area contributed by atoms with Crippen LogP contribution >= 0.6 is 0 Å². The van der Waals surface area contributed by atoms with Gasteiger partial charge in [0.1, 0.15) is 0 Å². The second-order valence-electron chi connectivity index (χ2n) is 7.19. The van der Waals surface area contributed by atoms with E-state index < -0.39 is 0 Å². The minimum absolute atomic E-state index is 0.0163. The Morgan fingerprint density at radius 2 is 1.96 bits per heavy atom. The molecule has 1 atom stereocenters. The number of aliphatic hydroxyl groups excluding tert-OH is 1. The van der Waals surface area contributed by atoms with Crippen molar-refractivity contribution in [2.24, 2.45) is 5.92 Å². The van der Waals surface area contributed by atoms with E-state index >= 15 is 0 Å². The van der Waals surface area contributed by atoms with Crippen molar-refractivity contribution in [3.8, 4) is 0 Å². The number of hydrogen-bond acceptors (Lipinski definition) is 6. The predicted octanol–water partition coefficient (Wildman–Crippen LogP) is 2.60. The van der Waals surface area contributed by atoms with Crippen LogP contribution in [0.25, 0.3) is 11.2 Å². The second-order valence-corrected chi connectivity index (χ2v) is 7.19. The number of piperidine rings is 1. The van der Waals surface area contributed by atoms with Crippen molar-refractivity contribution in [2.75, 3.05) is 24.6 Å². The average molecular weight is 380 g/mol. The topological polar surface area (TPSA) is 91.5 Å². The van der Waals surface area contributed by atoms with Gasteiger partial charge in [-0.25, -0.2) is 4.98 Å². The molecule has 146 valence electrons. The first-order valence-corrected chi connectivity index (χ1v) is 9.59. The van der Waals surface area contributed by atoms with E-state index in [2.05, 4.69) is 20.2 Å². The number of anilines is 1. The summed E-state index contributed by atoms with van der Waals surface area (Å²) < 4.78 is 5.82. The molecule has 3 heterocycles. The third-order valence-electron chi connectivity index (χ3n) is 5.22. The smallest absolute Gasteiger partial charge is 0.299 e. The first kappa shape index (κ1) is 18.4. The van der Waals surface area contributed by atoms with E-state index in [0.717, 1.165) is 11.3 Å². The number of hydrogen-bond donors (Lipinski definition) is 2. The minimum atomic E-state index is -0.377. The molecule has 3 aromatic rings. The molecule has 1 fully saturated rings. The van der Waals surface area contributed by atoms with E-state index in [1.807, 2.05) is 49.4 Å². The van der Waals surface area contributed by atoms with E-state index in [9.17, 15) is 9.90 Å². The van der Waals surface area contributed by atoms with Gasteiger partial charge in [-0.3, -0.25) is 4.79 Å². The van der Waals surface area contributed by atoms with Crippen LogP contribution in [0, 0.1) is 12.8 Å². The Kier molecular flexibility index (Phi) is 5.25. The monoisotopic (exact) mass is 380 g/mol. The number of fused-ring (bicyclic) bond motifs is 1. The van der Waals surface area contributed by atoms with Gasteiger partial charge in [0, 0.05) is 24.7 Å². The molecule has 2 N–H and O–H groups in total. The predicted molar refractivity (Wildman–Crippen MR) is 106 cm³/mol. The third kappa shape index (κ3) is 3.84. The van der Waals surface area contributed by atoms with Crippen molar-refractivity contribution in [2.45, 2.75) is 25.8 Å². The van der Waals surface area contributed by atoms with Crippen molar-refractivity contribution in [1.29, 1.82) is 0 Å². The lowest BCUT2D eigenvalue weighted by Gasteiger charge is -2.31. The van der Waals surface area contributed by atoms with Gasteiger partial charge in [0.2, 0.25) is 11.6 Å². The molecule has 1 aliphatic rings.